The smallest absolute Gasteiger partial charge is 0.0738 e. The van der Waals surface area contributed by atoms with Crippen molar-refractivity contribution >= 4 is 5.69 Å². The Hall–Kier alpha value is -1.84. The number of fused-ring (bicyclic) bond motifs is 1. The third kappa shape index (κ3) is 3.06. The summed E-state index contributed by atoms with van der Waals surface area (Å²) in [6, 6.07) is 17.2. The molecule has 1 aliphatic heterocycles. The zero-order valence-corrected chi connectivity index (χ0v) is 14.1. The number of nitrogens with two attached hydrogens (primary N) is 1. The highest BCUT2D eigenvalue weighted by Crippen LogP contribution is 2.32. The van der Waals surface area contributed by atoms with E-state index in [1.54, 1.807) is 0 Å². The minimum Gasteiger partial charge on any atom is -0.399 e. The summed E-state index contributed by atoms with van der Waals surface area (Å²) in [4.78, 5) is 2.50. The van der Waals surface area contributed by atoms with E-state index in [0.29, 0.717) is 5.92 Å². The van der Waals surface area contributed by atoms with E-state index in [4.69, 9.17) is 5.73 Å². The minimum atomic E-state index is -0.269. The molecule has 1 heterocycles. The van der Waals surface area contributed by atoms with Crippen LogP contribution in [-0.2, 0) is 12.8 Å². The van der Waals surface area contributed by atoms with Crippen molar-refractivity contribution in [1.29, 1.82) is 0 Å². The Labute approximate surface area is 144 Å². The average molecular weight is 322 g/mol. The van der Waals surface area contributed by atoms with E-state index >= 15 is 0 Å². The van der Waals surface area contributed by atoms with Gasteiger partial charge in [0.25, 0.3) is 0 Å². The fourth-order valence-corrected chi connectivity index (χ4v) is 4.42. The van der Waals surface area contributed by atoms with E-state index in [-0.39, 0.29) is 12.1 Å². The van der Waals surface area contributed by atoms with Gasteiger partial charge in [0.2, 0.25) is 0 Å². The molecular formula is C21H26N2O. The topological polar surface area (TPSA) is 49.5 Å². The quantitative estimate of drug-likeness (QED) is 0.836. The highest BCUT2D eigenvalue weighted by Gasteiger charge is 2.33. The number of piperidine rings is 1. The summed E-state index contributed by atoms with van der Waals surface area (Å²) in [5.74, 6) is 0.658. The molecule has 0 saturated carbocycles. The molecule has 0 unspecified atom stereocenters. The van der Waals surface area contributed by atoms with Crippen LogP contribution in [0.4, 0.5) is 5.69 Å². The van der Waals surface area contributed by atoms with Gasteiger partial charge in [0.05, 0.1) is 6.10 Å². The zero-order chi connectivity index (χ0) is 16.5. The number of nitrogens with zero attached hydrogens (tertiary/aromatic N) is 1. The average Bonchev–Trinajstić information content (AvgIpc) is 2.62. The van der Waals surface area contributed by atoms with Crippen molar-refractivity contribution in [2.45, 2.75) is 43.7 Å². The largest absolute Gasteiger partial charge is 0.399 e. The van der Waals surface area contributed by atoms with E-state index in [1.807, 2.05) is 6.07 Å². The van der Waals surface area contributed by atoms with Crippen LogP contribution in [-0.4, -0.2) is 35.2 Å². The van der Waals surface area contributed by atoms with Crippen LogP contribution in [0.3, 0.4) is 0 Å². The van der Waals surface area contributed by atoms with Crippen LogP contribution in [0.25, 0.3) is 0 Å². The van der Waals surface area contributed by atoms with Crippen molar-refractivity contribution in [3.63, 3.8) is 0 Å². The van der Waals surface area contributed by atoms with Crippen molar-refractivity contribution < 1.29 is 5.11 Å². The number of rotatable bonds is 2. The van der Waals surface area contributed by atoms with E-state index in [1.165, 1.54) is 29.5 Å². The molecule has 3 N–H and O–H groups in total. The summed E-state index contributed by atoms with van der Waals surface area (Å²) in [7, 11) is 0. The number of aliphatic hydroxyl groups is 1. The third-order valence-corrected chi connectivity index (χ3v) is 5.80. The summed E-state index contributed by atoms with van der Waals surface area (Å²) >= 11 is 0. The Bertz CT molecular complexity index is 692. The number of hydrogen-bond donors (Lipinski definition) is 2. The lowest BCUT2D eigenvalue weighted by atomic mass is 9.83. The van der Waals surface area contributed by atoms with Gasteiger partial charge in [-0.1, -0.05) is 36.4 Å². The van der Waals surface area contributed by atoms with Gasteiger partial charge in [-0.3, -0.25) is 4.90 Å². The van der Waals surface area contributed by atoms with Crippen LogP contribution in [0.2, 0.25) is 0 Å². The molecule has 4 rings (SSSR count). The summed E-state index contributed by atoms with van der Waals surface area (Å²) < 4.78 is 0. The van der Waals surface area contributed by atoms with E-state index in [9.17, 15) is 5.11 Å². The molecular weight excluding hydrogens is 296 g/mol. The van der Waals surface area contributed by atoms with Gasteiger partial charge in [-0.2, -0.15) is 0 Å². The van der Waals surface area contributed by atoms with Crippen molar-refractivity contribution in [2.24, 2.45) is 0 Å². The number of hydrogen-bond acceptors (Lipinski definition) is 3. The molecule has 0 aromatic heterocycles. The fraction of sp³-hybridized carbons (Fsp3) is 0.429. The molecule has 2 aromatic rings. The summed E-state index contributed by atoms with van der Waals surface area (Å²) in [6.45, 7) is 2.14. The Morgan fingerprint density at radius 2 is 1.67 bits per heavy atom. The number of anilines is 1. The van der Waals surface area contributed by atoms with E-state index < -0.39 is 0 Å². The second kappa shape index (κ2) is 6.58. The van der Waals surface area contributed by atoms with Crippen molar-refractivity contribution in [2.75, 3.05) is 18.8 Å². The zero-order valence-electron chi connectivity index (χ0n) is 14.1. The van der Waals surface area contributed by atoms with Gasteiger partial charge in [0.15, 0.2) is 0 Å². The SMILES string of the molecule is Nc1ccc2c(c1)C[C@@H](N1CCC(c3ccccc3)CC1)[C@H](O)C2. The first-order chi connectivity index (χ1) is 11.7. The Morgan fingerprint density at radius 1 is 0.917 bits per heavy atom. The molecule has 2 aliphatic rings. The molecule has 0 amide bonds. The van der Waals surface area contributed by atoms with Crippen LogP contribution in [0.5, 0.6) is 0 Å². The Kier molecular flexibility index (Phi) is 4.30. The number of likely N-dealkylation sites (tertiary alicyclic amines) is 1. The molecule has 3 heteroatoms. The van der Waals surface area contributed by atoms with Crippen LogP contribution in [0, 0.1) is 0 Å². The maximum absolute atomic E-state index is 10.6. The Morgan fingerprint density at radius 3 is 2.42 bits per heavy atom. The predicted octanol–water partition coefficient (Wildman–Crippen LogP) is 2.98. The molecule has 2 atom stereocenters. The molecule has 0 bridgehead atoms. The van der Waals surface area contributed by atoms with E-state index in [2.05, 4.69) is 47.4 Å². The summed E-state index contributed by atoms with van der Waals surface area (Å²) in [5, 5.41) is 10.6. The van der Waals surface area contributed by atoms with Crippen LogP contribution >= 0.6 is 0 Å². The molecule has 126 valence electrons. The maximum atomic E-state index is 10.6. The van der Waals surface area contributed by atoms with E-state index in [0.717, 1.165) is 31.6 Å². The Balaban J connectivity index is 1.44. The summed E-state index contributed by atoms with van der Waals surface area (Å²) in [5.41, 5.74) is 10.8. The van der Waals surface area contributed by atoms with Gasteiger partial charge in [0, 0.05) is 18.2 Å². The predicted molar refractivity (Wildman–Crippen MR) is 98.0 cm³/mol. The van der Waals surface area contributed by atoms with Crippen LogP contribution < -0.4 is 5.73 Å². The van der Waals surface area contributed by atoms with Crippen molar-refractivity contribution in [3.8, 4) is 0 Å². The van der Waals surface area contributed by atoms with Crippen LogP contribution in [0.15, 0.2) is 48.5 Å². The first-order valence-electron chi connectivity index (χ1n) is 9.05. The number of benzene rings is 2. The first kappa shape index (κ1) is 15.7. The van der Waals surface area contributed by atoms with Gasteiger partial charge in [-0.25, -0.2) is 0 Å². The lowest BCUT2D eigenvalue weighted by Crippen LogP contribution is -2.50. The first-order valence-corrected chi connectivity index (χ1v) is 9.05. The fourth-order valence-electron chi connectivity index (χ4n) is 4.42. The maximum Gasteiger partial charge on any atom is 0.0738 e. The lowest BCUT2D eigenvalue weighted by Gasteiger charge is -2.42. The van der Waals surface area contributed by atoms with Gasteiger partial charge in [-0.15, -0.1) is 0 Å². The van der Waals surface area contributed by atoms with Gasteiger partial charge in [-0.05, 0) is 67.1 Å². The highest BCUT2D eigenvalue weighted by atomic mass is 16.3. The second-order valence-electron chi connectivity index (χ2n) is 7.29. The standard InChI is InChI=1S/C21H26N2O/c22-19-7-6-17-14-21(24)20(13-18(17)12-19)23-10-8-16(9-11-23)15-4-2-1-3-5-15/h1-7,12,16,20-21,24H,8-11,13-14,22H2/t20-,21-/m1/s1. The highest BCUT2D eigenvalue weighted by molar-refractivity contribution is 5.46. The van der Waals surface area contributed by atoms with Gasteiger partial charge < -0.3 is 10.8 Å². The lowest BCUT2D eigenvalue weighted by molar-refractivity contribution is 0.0295. The molecule has 0 radical (unpaired) electrons. The second-order valence-corrected chi connectivity index (χ2v) is 7.29. The monoisotopic (exact) mass is 322 g/mol. The molecule has 1 fully saturated rings. The number of nitrogen functional groups attached to an aromatic ring is 1. The summed E-state index contributed by atoms with van der Waals surface area (Å²) in [6.07, 6.45) is 3.75. The minimum absolute atomic E-state index is 0.232. The molecule has 1 saturated heterocycles. The van der Waals surface area contributed by atoms with Crippen molar-refractivity contribution in [1.82, 2.24) is 4.90 Å². The third-order valence-electron chi connectivity index (χ3n) is 5.80. The van der Waals surface area contributed by atoms with Gasteiger partial charge >= 0.3 is 0 Å². The number of aliphatic hydroxyl groups excluding tert-OH is 1. The van der Waals surface area contributed by atoms with Crippen molar-refractivity contribution in [3.05, 3.63) is 65.2 Å². The molecule has 1 aliphatic carbocycles. The molecule has 0 spiro atoms. The molecule has 2 aromatic carbocycles. The normalized spacial score (nSPS) is 25.4. The van der Waals surface area contributed by atoms with Gasteiger partial charge in [0.1, 0.15) is 0 Å². The molecule has 24 heavy (non-hydrogen) atoms. The molecule has 3 nitrogen and oxygen atoms in total. The van der Waals surface area contributed by atoms with Crippen LogP contribution in [0.1, 0.15) is 35.4 Å².